The number of hydrogen-bond donors (Lipinski definition) is 2. The smallest absolute Gasteiger partial charge is 0.264 e. The Morgan fingerprint density at radius 1 is 1.43 bits per heavy atom. The topological polar surface area (TPSA) is 143 Å². The number of rotatable bonds is 4. The largest absolute Gasteiger partial charge is 0.593 e. The summed E-state index contributed by atoms with van der Waals surface area (Å²) in [7, 11) is 1.64. The molecule has 0 bridgehead atoms. The Hall–Kier alpha value is -2.60. The van der Waals surface area contributed by atoms with Crippen LogP contribution in [0.1, 0.15) is 23.4 Å². The normalized spacial score (nSPS) is 22.3. The fourth-order valence-corrected chi connectivity index (χ4v) is 5.65. The van der Waals surface area contributed by atoms with Crippen molar-refractivity contribution in [2.75, 3.05) is 12.8 Å². The van der Waals surface area contributed by atoms with Crippen molar-refractivity contribution in [2.24, 2.45) is 16.5 Å². The summed E-state index contributed by atoms with van der Waals surface area (Å²) in [4.78, 5) is 10.1. The van der Waals surface area contributed by atoms with Crippen molar-refractivity contribution in [1.29, 1.82) is 0 Å². The van der Waals surface area contributed by atoms with Gasteiger partial charge in [0.1, 0.15) is 5.54 Å². The van der Waals surface area contributed by atoms with Gasteiger partial charge in [-0.3, -0.25) is 4.98 Å². The van der Waals surface area contributed by atoms with Gasteiger partial charge in [0.15, 0.2) is 5.75 Å². The van der Waals surface area contributed by atoms with Crippen LogP contribution < -0.4 is 11.5 Å². The number of aliphatic imine (C=N–C) groups is 1. The molecule has 0 fully saturated rings. The van der Waals surface area contributed by atoms with Gasteiger partial charge in [0, 0.05) is 6.20 Å². The van der Waals surface area contributed by atoms with Crippen molar-refractivity contribution in [3.05, 3.63) is 51.9 Å². The van der Waals surface area contributed by atoms with Crippen molar-refractivity contribution in [1.82, 2.24) is 19.5 Å². The van der Waals surface area contributed by atoms with Crippen LogP contribution in [-0.4, -0.2) is 42.8 Å². The van der Waals surface area contributed by atoms with Crippen LogP contribution in [0.25, 0.3) is 22.5 Å². The van der Waals surface area contributed by atoms with E-state index in [1.165, 1.54) is 15.6 Å². The predicted molar refractivity (Wildman–Crippen MR) is 119 cm³/mol. The van der Waals surface area contributed by atoms with Crippen LogP contribution in [0.15, 0.2) is 39.9 Å². The third kappa shape index (κ3) is 3.88. The molecule has 4 rings (SSSR count). The number of nitrogens with zero attached hydrogens (tertiary/aromatic N) is 5. The number of guanidine groups is 1. The number of pyridine rings is 1. The van der Waals surface area contributed by atoms with Crippen LogP contribution in [-0.2, 0) is 16.9 Å². The van der Waals surface area contributed by atoms with Gasteiger partial charge >= 0.3 is 0 Å². The molecule has 0 aliphatic carbocycles. The lowest BCUT2D eigenvalue weighted by Crippen LogP contribution is -2.50. The Kier molecular flexibility index (Phi) is 5.45. The minimum absolute atomic E-state index is 0.176. The molecule has 30 heavy (non-hydrogen) atoms. The minimum atomic E-state index is -1.31. The van der Waals surface area contributed by atoms with Crippen LogP contribution >= 0.6 is 22.9 Å². The van der Waals surface area contributed by atoms with Crippen molar-refractivity contribution >= 4 is 52.0 Å². The highest BCUT2D eigenvalue weighted by Gasteiger charge is 2.42. The lowest BCUT2D eigenvalue weighted by molar-refractivity contribution is 0.481. The van der Waals surface area contributed by atoms with E-state index in [2.05, 4.69) is 20.2 Å². The van der Waals surface area contributed by atoms with E-state index in [9.17, 15) is 4.55 Å². The number of thiophene rings is 1. The van der Waals surface area contributed by atoms with E-state index in [1.807, 2.05) is 25.1 Å². The molecule has 0 saturated heterocycles. The highest BCUT2D eigenvalue weighted by Crippen LogP contribution is 2.43. The predicted octanol–water partition coefficient (Wildman–Crippen LogP) is 2.44. The second-order valence-electron chi connectivity index (χ2n) is 6.76. The standard InChI is InChI=1S/C18H18ClN7O2S2/c1-18(9-30(27)26(2)17(21)23-18)14-11(19)8-13(29-14)16-25-24-15(28-16)12(20)7-10-5-3-4-6-22-10/h3-8H,9,20H2,1-2H3,(H2,21,23)/t18-,30?/m0/s1. The summed E-state index contributed by atoms with van der Waals surface area (Å²) in [5.74, 6) is 0.907. The zero-order valence-electron chi connectivity index (χ0n) is 16.1. The number of halogens is 1. The molecule has 0 aromatic carbocycles. The molecule has 156 valence electrons. The van der Waals surface area contributed by atoms with Gasteiger partial charge in [-0.05, 0) is 31.2 Å². The van der Waals surface area contributed by atoms with Gasteiger partial charge in [-0.25, -0.2) is 4.99 Å². The first-order valence-electron chi connectivity index (χ1n) is 8.76. The molecular formula is C18H18ClN7O2S2. The Balaban J connectivity index is 1.64. The van der Waals surface area contributed by atoms with E-state index in [4.69, 9.17) is 27.5 Å². The fraction of sp³-hybridized carbons (Fsp3) is 0.222. The molecule has 4 N–H and O–H groups in total. The Morgan fingerprint density at radius 3 is 2.93 bits per heavy atom. The molecule has 0 spiro atoms. The molecule has 4 heterocycles. The Bertz CT molecular complexity index is 1130. The Labute approximate surface area is 184 Å². The van der Waals surface area contributed by atoms with E-state index in [1.54, 1.807) is 25.4 Å². The van der Waals surface area contributed by atoms with E-state index < -0.39 is 16.9 Å². The number of aromatic nitrogens is 3. The van der Waals surface area contributed by atoms with Crippen molar-refractivity contribution in [3.8, 4) is 10.8 Å². The van der Waals surface area contributed by atoms with Crippen LogP contribution in [0.2, 0.25) is 5.02 Å². The molecule has 0 radical (unpaired) electrons. The molecular weight excluding hydrogens is 446 g/mol. The summed E-state index contributed by atoms with van der Waals surface area (Å²) in [5.41, 5.74) is 12.2. The van der Waals surface area contributed by atoms with Crippen molar-refractivity contribution in [2.45, 2.75) is 12.5 Å². The van der Waals surface area contributed by atoms with Gasteiger partial charge in [-0.2, -0.15) is 4.31 Å². The summed E-state index contributed by atoms with van der Waals surface area (Å²) in [6.07, 6.45) is 3.32. The van der Waals surface area contributed by atoms with Crippen molar-refractivity contribution in [3.63, 3.8) is 0 Å². The number of nitrogens with two attached hydrogens (primary N) is 2. The van der Waals surface area contributed by atoms with Gasteiger partial charge < -0.3 is 20.4 Å². The quantitative estimate of drug-likeness (QED) is 0.561. The summed E-state index contributed by atoms with van der Waals surface area (Å²) in [6, 6.07) is 7.20. The second kappa shape index (κ2) is 7.91. The monoisotopic (exact) mass is 463 g/mol. The molecule has 1 aliphatic rings. The first-order chi connectivity index (χ1) is 14.3. The minimum Gasteiger partial charge on any atom is -0.593 e. The average molecular weight is 464 g/mol. The van der Waals surface area contributed by atoms with Crippen LogP contribution in [0.4, 0.5) is 0 Å². The van der Waals surface area contributed by atoms with Crippen LogP contribution in [0.5, 0.6) is 0 Å². The summed E-state index contributed by atoms with van der Waals surface area (Å²) in [6.45, 7) is 1.85. The Morgan fingerprint density at radius 2 is 2.23 bits per heavy atom. The number of hydrogen-bond acceptors (Lipinski definition) is 10. The van der Waals surface area contributed by atoms with Gasteiger partial charge in [0.25, 0.3) is 11.8 Å². The average Bonchev–Trinajstić information content (AvgIpc) is 3.34. The zero-order chi connectivity index (χ0) is 21.5. The fourth-order valence-electron chi connectivity index (χ4n) is 2.88. The summed E-state index contributed by atoms with van der Waals surface area (Å²) >= 11 is 6.51. The molecule has 9 nitrogen and oxygen atoms in total. The SMILES string of the molecule is CN1C(N)=N[C@](C)(c2sc(-c3nnc(C(N)=Cc4ccccn4)o3)cc2Cl)C[S+]1[O-]. The molecule has 0 saturated carbocycles. The lowest BCUT2D eigenvalue weighted by atomic mass is 10.0. The van der Waals surface area contributed by atoms with Crippen LogP contribution in [0.3, 0.4) is 0 Å². The molecule has 1 unspecified atom stereocenters. The third-order valence-corrected chi connectivity index (χ3v) is 7.84. The summed E-state index contributed by atoms with van der Waals surface area (Å²) in [5, 5.41) is 8.56. The molecule has 3 aromatic heterocycles. The summed E-state index contributed by atoms with van der Waals surface area (Å²) < 4.78 is 19.5. The molecule has 0 amide bonds. The molecule has 1 aliphatic heterocycles. The van der Waals surface area contributed by atoms with Crippen molar-refractivity contribution < 1.29 is 8.97 Å². The lowest BCUT2D eigenvalue weighted by Gasteiger charge is -2.34. The van der Waals surface area contributed by atoms with E-state index >= 15 is 0 Å². The van der Waals surface area contributed by atoms with Gasteiger partial charge in [0.05, 0.1) is 44.6 Å². The van der Waals surface area contributed by atoms with E-state index in [0.29, 0.717) is 21.3 Å². The van der Waals surface area contributed by atoms with E-state index in [0.717, 1.165) is 4.88 Å². The maximum atomic E-state index is 12.4. The maximum Gasteiger partial charge on any atom is 0.264 e. The molecule has 12 heteroatoms. The van der Waals surface area contributed by atoms with E-state index in [-0.39, 0.29) is 23.5 Å². The highest BCUT2D eigenvalue weighted by atomic mass is 35.5. The maximum absolute atomic E-state index is 12.4. The highest BCUT2D eigenvalue weighted by molar-refractivity contribution is 7.89. The first kappa shape index (κ1) is 20.7. The first-order valence-corrected chi connectivity index (χ1v) is 11.2. The van der Waals surface area contributed by atoms with Gasteiger partial charge in [-0.1, -0.05) is 17.7 Å². The molecule has 2 atom stereocenters. The molecule has 3 aromatic rings. The van der Waals surface area contributed by atoms with Gasteiger partial charge in [-0.15, -0.1) is 21.5 Å². The second-order valence-corrected chi connectivity index (χ2v) is 9.70. The zero-order valence-corrected chi connectivity index (χ0v) is 18.5. The van der Waals surface area contributed by atoms with Crippen LogP contribution in [0, 0.1) is 0 Å². The van der Waals surface area contributed by atoms with Gasteiger partial charge in [0.2, 0.25) is 5.96 Å². The third-order valence-electron chi connectivity index (χ3n) is 4.44.